The number of hydrogen-bond acceptors (Lipinski definition) is 2. The standard InChI is InChI=1S/C12H19N3S2/c1-15(2)8-7-13-12(16)14-10-5-4-6-11(9-10)17-3/h4-6,9H,7-8H2,1-3H3,(H2,13,14,16)/p+1. The Labute approximate surface area is 113 Å². The minimum atomic E-state index is 0.685. The van der Waals surface area contributed by atoms with Gasteiger partial charge in [0.05, 0.1) is 27.2 Å². The van der Waals surface area contributed by atoms with Gasteiger partial charge in [0.15, 0.2) is 5.11 Å². The van der Waals surface area contributed by atoms with Gasteiger partial charge in [-0.25, -0.2) is 0 Å². The molecule has 0 unspecified atom stereocenters. The number of anilines is 1. The number of hydrogen-bond donors (Lipinski definition) is 3. The van der Waals surface area contributed by atoms with E-state index in [1.807, 2.05) is 12.1 Å². The van der Waals surface area contributed by atoms with Gasteiger partial charge in [-0.15, -0.1) is 11.8 Å². The fourth-order valence-electron chi connectivity index (χ4n) is 1.30. The summed E-state index contributed by atoms with van der Waals surface area (Å²) in [4.78, 5) is 2.64. The van der Waals surface area contributed by atoms with E-state index in [0.717, 1.165) is 18.8 Å². The third kappa shape index (κ3) is 5.91. The lowest BCUT2D eigenvalue weighted by Gasteiger charge is -2.12. The van der Waals surface area contributed by atoms with E-state index in [-0.39, 0.29) is 0 Å². The topological polar surface area (TPSA) is 28.5 Å². The lowest BCUT2D eigenvalue weighted by Crippen LogP contribution is -3.06. The second kappa shape index (κ2) is 7.53. The van der Waals surface area contributed by atoms with Crippen LogP contribution in [0.1, 0.15) is 0 Å². The highest BCUT2D eigenvalue weighted by molar-refractivity contribution is 7.98. The predicted molar refractivity (Wildman–Crippen MR) is 80.1 cm³/mol. The molecule has 1 rings (SSSR count). The first kappa shape index (κ1) is 14.3. The zero-order chi connectivity index (χ0) is 12.7. The van der Waals surface area contributed by atoms with E-state index in [9.17, 15) is 0 Å². The van der Waals surface area contributed by atoms with Gasteiger partial charge in [0.25, 0.3) is 0 Å². The molecule has 0 aliphatic heterocycles. The molecule has 0 heterocycles. The van der Waals surface area contributed by atoms with Crippen molar-refractivity contribution in [3.8, 4) is 0 Å². The first-order chi connectivity index (χ1) is 8.11. The second-order valence-electron chi connectivity index (χ2n) is 4.07. The molecule has 0 aliphatic rings. The molecule has 0 radical (unpaired) electrons. The van der Waals surface area contributed by atoms with E-state index < -0.39 is 0 Å². The highest BCUT2D eigenvalue weighted by Crippen LogP contribution is 2.18. The molecule has 3 nitrogen and oxygen atoms in total. The van der Waals surface area contributed by atoms with Gasteiger partial charge in [0.2, 0.25) is 0 Å². The number of thiocarbonyl (C=S) groups is 1. The summed E-state index contributed by atoms with van der Waals surface area (Å²) in [6, 6.07) is 8.23. The SMILES string of the molecule is CSc1cccc(NC(=S)NCC[NH+](C)C)c1. The van der Waals surface area contributed by atoms with Gasteiger partial charge < -0.3 is 15.5 Å². The Kier molecular flexibility index (Phi) is 6.32. The zero-order valence-corrected chi connectivity index (χ0v) is 12.2. The van der Waals surface area contributed by atoms with E-state index in [4.69, 9.17) is 12.2 Å². The largest absolute Gasteiger partial charge is 0.357 e. The monoisotopic (exact) mass is 270 g/mol. The van der Waals surface area contributed by atoms with E-state index in [1.54, 1.807) is 11.8 Å². The van der Waals surface area contributed by atoms with Crippen molar-refractivity contribution in [1.82, 2.24) is 5.32 Å². The first-order valence-corrected chi connectivity index (χ1v) is 7.23. The molecule has 0 saturated heterocycles. The molecule has 0 aromatic heterocycles. The van der Waals surface area contributed by atoms with Crippen LogP contribution in [0, 0.1) is 0 Å². The van der Waals surface area contributed by atoms with Crippen LogP contribution in [0.25, 0.3) is 0 Å². The van der Waals surface area contributed by atoms with E-state index >= 15 is 0 Å². The third-order valence-corrected chi connectivity index (χ3v) is 3.21. The quantitative estimate of drug-likeness (QED) is 0.546. The molecule has 1 aromatic rings. The number of quaternary nitrogens is 1. The first-order valence-electron chi connectivity index (χ1n) is 5.59. The van der Waals surface area contributed by atoms with Crippen LogP contribution in [-0.2, 0) is 0 Å². The van der Waals surface area contributed by atoms with Gasteiger partial charge in [0, 0.05) is 10.6 Å². The predicted octanol–water partition coefficient (Wildman–Crippen LogP) is 0.839. The Bertz CT molecular complexity index is 367. The maximum atomic E-state index is 5.23. The smallest absolute Gasteiger partial charge is 0.170 e. The second-order valence-corrected chi connectivity index (χ2v) is 5.36. The van der Waals surface area contributed by atoms with Crippen LogP contribution in [0.5, 0.6) is 0 Å². The normalized spacial score (nSPS) is 10.4. The van der Waals surface area contributed by atoms with Gasteiger partial charge in [-0.1, -0.05) is 6.07 Å². The molecule has 3 N–H and O–H groups in total. The van der Waals surface area contributed by atoms with Gasteiger partial charge >= 0.3 is 0 Å². The van der Waals surface area contributed by atoms with Crippen LogP contribution in [-0.4, -0.2) is 38.6 Å². The number of benzene rings is 1. The lowest BCUT2D eigenvalue weighted by molar-refractivity contribution is -0.856. The molecular weight excluding hydrogens is 250 g/mol. The van der Waals surface area contributed by atoms with Crippen molar-refractivity contribution < 1.29 is 4.90 Å². The molecule has 0 fully saturated rings. The molecule has 94 valence electrons. The molecular formula is C12H20N3S2+. The molecule has 1 aromatic carbocycles. The maximum Gasteiger partial charge on any atom is 0.170 e. The van der Waals surface area contributed by atoms with Crippen molar-refractivity contribution in [2.45, 2.75) is 4.90 Å². The molecule has 0 aliphatic carbocycles. The minimum absolute atomic E-state index is 0.685. The summed E-state index contributed by atoms with van der Waals surface area (Å²) in [7, 11) is 4.25. The Morgan fingerprint density at radius 1 is 1.41 bits per heavy atom. The number of rotatable bonds is 5. The highest BCUT2D eigenvalue weighted by atomic mass is 32.2. The molecule has 5 heteroatoms. The summed E-state index contributed by atoms with van der Waals surface area (Å²) >= 11 is 6.95. The van der Waals surface area contributed by atoms with Crippen molar-refractivity contribution in [1.29, 1.82) is 0 Å². The lowest BCUT2D eigenvalue weighted by atomic mass is 10.3. The van der Waals surface area contributed by atoms with Crippen LogP contribution in [0.3, 0.4) is 0 Å². The van der Waals surface area contributed by atoms with Crippen molar-refractivity contribution in [3.63, 3.8) is 0 Å². The number of thioether (sulfide) groups is 1. The third-order valence-electron chi connectivity index (χ3n) is 2.24. The molecule has 17 heavy (non-hydrogen) atoms. The van der Waals surface area contributed by atoms with Gasteiger partial charge in [-0.3, -0.25) is 0 Å². The Hall–Kier alpha value is -0.780. The number of nitrogens with one attached hydrogen (secondary N) is 3. The average molecular weight is 270 g/mol. The Morgan fingerprint density at radius 2 is 2.18 bits per heavy atom. The summed E-state index contributed by atoms with van der Waals surface area (Å²) in [5.74, 6) is 0. The molecule has 0 bridgehead atoms. The van der Waals surface area contributed by atoms with Crippen LogP contribution < -0.4 is 15.5 Å². The van der Waals surface area contributed by atoms with Crippen LogP contribution in [0.4, 0.5) is 5.69 Å². The Morgan fingerprint density at radius 3 is 2.82 bits per heavy atom. The molecule has 0 spiro atoms. The number of likely N-dealkylation sites (N-methyl/N-ethyl adjacent to an activating group) is 1. The van der Waals surface area contributed by atoms with Gasteiger partial charge in [-0.2, -0.15) is 0 Å². The minimum Gasteiger partial charge on any atom is -0.357 e. The maximum absolute atomic E-state index is 5.23. The summed E-state index contributed by atoms with van der Waals surface area (Å²) in [6.07, 6.45) is 2.07. The van der Waals surface area contributed by atoms with Crippen molar-refractivity contribution in [2.75, 3.05) is 38.8 Å². The van der Waals surface area contributed by atoms with Crippen LogP contribution in [0.2, 0.25) is 0 Å². The Balaban J connectivity index is 2.39. The van der Waals surface area contributed by atoms with Gasteiger partial charge in [-0.05, 0) is 36.7 Å². The van der Waals surface area contributed by atoms with E-state index in [2.05, 4.69) is 43.1 Å². The zero-order valence-electron chi connectivity index (χ0n) is 10.5. The van der Waals surface area contributed by atoms with Gasteiger partial charge in [0.1, 0.15) is 0 Å². The molecule has 0 amide bonds. The highest BCUT2D eigenvalue weighted by Gasteiger charge is 1.99. The average Bonchev–Trinajstić information content (AvgIpc) is 2.28. The van der Waals surface area contributed by atoms with E-state index in [0.29, 0.717) is 5.11 Å². The van der Waals surface area contributed by atoms with Crippen molar-refractivity contribution in [2.24, 2.45) is 0 Å². The van der Waals surface area contributed by atoms with E-state index in [1.165, 1.54) is 9.80 Å². The fourth-order valence-corrected chi connectivity index (χ4v) is 1.98. The fraction of sp³-hybridized carbons (Fsp3) is 0.417. The molecule has 0 saturated carbocycles. The molecule has 0 atom stereocenters. The summed E-state index contributed by atoms with van der Waals surface area (Å²) in [5, 5.41) is 7.07. The van der Waals surface area contributed by atoms with Crippen molar-refractivity contribution in [3.05, 3.63) is 24.3 Å². The van der Waals surface area contributed by atoms with Crippen molar-refractivity contribution >= 4 is 34.8 Å². The van der Waals surface area contributed by atoms with Crippen LogP contribution in [0.15, 0.2) is 29.2 Å². The van der Waals surface area contributed by atoms with Crippen LogP contribution >= 0.6 is 24.0 Å². The summed E-state index contributed by atoms with van der Waals surface area (Å²) < 4.78 is 0. The summed E-state index contributed by atoms with van der Waals surface area (Å²) in [6.45, 7) is 1.93. The summed E-state index contributed by atoms with van der Waals surface area (Å²) in [5.41, 5.74) is 1.03.